The van der Waals surface area contributed by atoms with Gasteiger partial charge in [-0.2, -0.15) is 0 Å². The van der Waals surface area contributed by atoms with Crippen molar-refractivity contribution in [1.29, 1.82) is 0 Å². The minimum atomic E-state index is -1.02. The lowest BCUT2D eigenvalue weighted by Crippen LogP contribution is -2.38. The molecule has 0 atom stereocenters. The molecule has 0 radical (unpaired) electrons. The predicted molar refractivity (Wildman–Crippen MR) is 101 cm³/mol. The molecule has 0 unspecified atom stereocenters. The predicted octanol–water partition coefficient (Wildman–Crippen LogP) is 4.23. The first kappa shape index (κ1) is 19.6. The van der Waals surface area contributed by atoms with Crippen LogP contribution in [0.3, 0.4) is 0 Å². The number of ether oxygens (including phenoxy) is 1. The maximum Gasteiger partial charge on any atom is 0.331 e. The molecule has 0 N–H and O–H groups in total. The Morgan fingerprint density at radius 1 is 1.27 bits per heavy atom. The van der Waals surface area contributed by atoms with Crippen molar-refractivity contribution in [1.82, 2.24) is 4.57 Å². The lowest BCUT2D eigenvalue weighted by Gasteiger charge is -2.27. The smallest absolute Gasteiger partial charge is 0.331 e. The second-order valence-electron chi connectivity index (χ2n) is 7.13. The van der Waals surface area contributed by atoms with E-state index in [0.29, 0.717) is 23.3 Å². The van der Waals surface area contributed by atoms with E-state index in [1.165, 1.54) is 30.3 Å². The molecule has 1 aromatic carbocycles. The lowest BCUT2D eigenvalue weighted by molar-refractivity contribution is -0.153. The van der Waals surface area contributed by atoms with Gasteiger partial charge in [0, 0.05) is 23.5 Å². The van der Waals surface area contributed by atoms with Gasteiger partial charge in [-0.15, -0.1) is 0 Å². The highest BCUT2D eigenvalue weighted by atomic mass is 19.1. The van der Waals surface area contributed by atoms with E-state index in [9.17, 15) is 14.0 Å². The molecule has 1 aromatic heterocycles. The molecule has 0 fully saturated rings. The summed E-state index contributed by atoms with van der Waals surface area (Å²) < 4.78 is 20.2. The van der Waals surface area contributed by atoms with Crippen molar-refractivity contribution in [2.24, 2.45) is 5.92 Å². The van der Waals surface area contributed by atoms with Crippen molar-refractivity contribution in [2.75, 3.05) is 6.61 Å². The highest BCUT2D eigenvalue weighted by molar-refractivity contribution is 5.78. The van der Waals surface area contributed by atoms with E-state index in [1.54, 1.807) is 30.8 Å². The summed E-state index contributed by atoms with van der Waals surface area (Å²) in [7, 11) is 0. The van der Waals surface area contributed by atoms with E-state index in [0.717, 1.165) is 0 Å². The van der Waals surface area contributed by atoms with E-state index < -0.39 is 11.5 Å². The van der Waals surface area contributed by atoms with Gasteiger partial charge in [0.2, 0.25) is 0 Å². The van der Waals surface area contributed by atoms with Gasteiger partial charge in [-0.1, -0.05) is 38.6 Å². The third-order valence-corrected chi connectivity index (χ3v) is 4.12. The van der Waals surface area contributed by atoms with Crippen LogP contribution >= 0.6 is 0 Å². The van der Waals surface area contributed by atoms with E-state index in [4.69, 9.17) is 4.74 Å². The van der Waals surface area contributed by atoms with Crippen LogP contribution in [0.15, 0.2) is 48.0 Å². The van der Waals surface area contributed by atoms with Crippen LogP contribution < -0.4 is 5.43 Å². The second-order valence-corrected chi connectivity index (χ2v) is 7.13. The summed E-state index contributed by atoms with van der Waals surface area (Å²) in [5.74, 6) is -0.552. The van der Waals surface area contributed by atoms with Gasteiger partial charge in [-0.3, -0.25) is 4.79 Å². The van der Waals surface area contributed by atoms with Gasteiger partial charge >= 0.3 is 5.97 Å². The molecule has 0 aliphatic heterocycles. The van der Waals surface area contributed by atoms with Gasteiger partial charge < -0.3 is 9.30 Å². The van der Waals surface area contributed by atoms with Gasteiger partial charge in [-0.25, -0.2) is 9.18 Å². The van der Waals surface area contributed by atoms with Crippen molar-refractivity contribution in [3.8, 4) is 11.1 Å². The third-order valence-electron chi connectivity index (χ3n) is 4.12. The van der Waals surface area contributed by atoms with E-state index in [-0.39, 0.29) is 17.2 Å². The highest BCUT2D eigenvalue weighted by Gasteiger charge is 2.31. The zero-order valence-electron chi connectivity index (χ0n) is 15.6. The normalized spacial score (nSPS) is 11.5. The Bertz CT molecular complexity index is 864. The highest BCUT2D eigenvalue weighted by Crippen LogP contribution is 2.23. The summed E-state index contributed by atoms with van der Waals surface area (Å²) in [4.78, 5) is 25.2. The molecule has 2 aromatic rings. The molecule has 0 aliphatic carbocycles. The molecular weight excluding hydrogens is 333 g/mol. The molecule has 2 rings (SSSR count). The molecule has 0 spiro atoms. The maximum absolute atomic E-state index is 13.2. The molecule has 4 nitrogen and oxygen atoms in total. The Kier molecular flexibility index (Phi) is 5.80. The number of aromatic nitrogens is 1. The molecule has 1 heterocycles. The average molecular weight is 357 g/mol. The van der Waals surface area contributed by atoms with Crippen molar-refractivity contribution < 1.29 is 13.9 Å². The van der Waals surface area contributed by atoms with E-state index in [2.05, 4.69) is 6.58 Å². The number of halogens is 1. The number of hydrogen-bond donors (Lipinski definition) is 0. The molecule has 0 saturated carbocycles. The minimum absolute atomic E-state index is 0.224. The SMILES string of the molecule is C=Cc1cn(C(C)(C)C(=O)OCC(C)C)cc(-c2ccc(F)cc2)c1=O. The number of esters is 1. The molecule has 0 saturated heterocycles. The van der Waals surface area contributed by atoms with Gasteiger partial charge in [0.25, 0.3) is 0 Å². The number of nitrogens with zero attached hydrogens (tertiary/aromatic N) is 1. The molecule has 0 aliphatic rings. The first-order valence-corrected chi connectivity index (χ1v) is 8.49. The third kappa shape index (κ3) is 4.10. The monoisotopic (exact) mass is 357 g/mol. The van der Waals surface area contributed by atoms with E-state index in [1.807, 2.05) is 13.8 Å². The van der Waals surface area contributed by atoms with Crippen molar-refractivity contribution in [3.05, 3.63) is 64.8 Å². The van der Waals surface area contributed by atoms with Crippen LogP contribution in [0, 0.1) is 11.7 Å². The average Bonchev–Trinajstić information content (AvgIpc) is 2.60. The molecular formula is C21H24FNO3. The van der Waals surface area contributed by atoms with E-state index >= 15 is 0 Å². The zero-order valence-corrected chi connectivity index (χ0v) is 15.6. The Balaban J connectivity index is 2.54. The van der Waals surface area contributed by atoms with Crippen molar-refractivity contribution in [3.63, 3.8) is 0 Å². The first-order chi connectivity index (χ1) is 12.2. The number of carbonyl (C=O) groups excluding carboxylic acids is 1. The van der Waals surface area contributed by atoms with Crippen molar-refractivity contribution >= 4 is 12.0 Å². The van der Waals surface area contributed by atoms with Crippen LogP contribution in [0.1, 0.15) is 33.3 Å². The number of carbonyl (C=O) groups is 1. The first-order valence-electron chi connectivity index (χ1n) is 8.49. The Morgan fingerprint density at radius 2 is 1.88 bits per heavy atom. The van der Waals surface area contributed by atoms with Crippen LogP contribution in [0.25, 0.3) is 17.2 Å². The summed E-state index contributed by atoms with van der Waals surface area (Å²) in [6, 6.07) is 5.66. The van der Waals surface area contributed by atoms with Crippen LogP contribution in [0.4, 0.5) is 4.39 Å². The summed E-state index contributed by atoms with van der Waals surface area (Å²) in [6.07, 6.45) is 4.62. The number of rotatable bonds is 6. The lowest BCUT2D eigenvalue weighted by atomic mass is 10.0. The summed E-state index contributed by atoms with van der Waals surface area (Å²) in [5, 5.41) is 0. The van der Waals surface area contributed by atoms with Crippen LogP contribution in [-0.4, -0.2) is 17.1 Å². The number of hydrogen-bond acceptors (Lipinski definition) is 3. The van der Waals surface area contributed by atoms with Gasteiger partial charge in [0.1, 0.15) is 11.4 Å². The molecule has 138 valence electrons. The van der Waals surface area contributed by atoms with Gasteiger partial charge in [0.05, 0.1) is 6.61 Å². The fourth-order valence-electron chi connectivity index (χ4n) is 2.43. The Morgan fingerprint density at radius 3 is 2.42 bits per heavy atom. The minimum Gasteiger partial charge on any atom is -0.464 e. The number of benzene rings is 1. The molecule has 5 heteroatoms. The second kappa shape index (κ2) is 7.68. The fourth-order valence-corrected chi connectivity index (χ4v) is 2.43. The quantitative estimate of drug-likeness (QED) is 0.727. The topological polar surface area (TPSA) is 48.3 Å². The van der Waals surface area contributed by atoms with Crippen molar-refractivity contribution in [2.45, 2.75) is 33.2 Å². The summed E-state index contributed by atoms with van der Waals surface area (Å²) in [5.41, 5.74) is 0.0490. The fraction of sp³-hybridized carbons (Fsp3) is 0.333. The Hall–Kier alpha value is -2.69. The van der Waals surface area contributed by atoms with Gasteiger partial charge in [-0.05, 0) is 37.5 Å². The van der Waals surface area contributed by atoms with Crippen LogP contribution in [-0.2, 0) is 15.1 Å². The molecule has 0 amide bonds. The molecule has 26 heavy (non-hydrogen) atoms. The van der Waals surface area contributed by atoms with Gasteiger partial charge in [0.15, 0.2) is 5.43 Å². The largest absolute Gasteiger partial charge is 0.464 e. The standard InChI is InChI=1S/C21H24FNO3/c1-6-15-11-23(21(4,5)20(25)26-13-14(2)3)12-18(19(15)24)16-7-9-17(22)10-8-16/h6-12,14H,1,13H2,2-5H3. The maximum atomic E-state index is 13.2. The number of pyridine rings is 1. The summed E-state index contributed by atoms with van der Waals surface area (Å²) >= 11 is 0. The molecule has 0 bridgehead atoms. The van der Waals surface area contributed by atoms with Crippen LogP contribution in [0.5, 0.6) is 0 Å². The Labute approximate surface area is 152 Å². The zero-order chi connectivity index (χ0) is 19.5. The summed E-state index contributed by atoms with van der Waals surface area (Å²) in [6.45, 7) is 11.4. The van der Waals surface area contributed by atoms with Crippen LogP contribution in [0.2, 0.25) is 0 Å².